The largest absolute Gasteiger partial charge is 0.481 e. The quantitative estimate of drug-likeness (QED) is 0.563. The highest BCUT2D eigenvalue weighted by Crippen LogP contribution is 2.39. The van der Waals surface area contributed by atoms with Crippen LogP contribution in [-0.4, -0.2) is 24.7 Å². The van der Waals surface area contributed by atoms with Crippen LogP contribution < -0.4 is 14.5 Å². The number of fused-ring (bicyclic) bond motifs is 1. The summed E-state index contributed by atoms with van der Waals surface area (Å²) in [5.74, 6) is -0.592. The van der Waals surface area contributed by atoms with Gasteiger partial charge in [0, 0.05) is 11.8 Å². The number of hydrogen-bond donors (Lipinski definition) is 0. The van der Waals surface area contributed by atoms with Crippen LogP contribution in [0.25, 0.3) is 0 Å². The van der Waals surface area contributed by atoms with Crippen molar-refractivity contribution < 1.29 is 27.1 Å². The summed E-state index contributed by atoms with van der Waals surface area (Å²) in [5, 5.41) is 0. The third-order valence-corrected chi connectivity index (χ3v) is 4.75. The Morgan fingerprint density at radius 3 is 2.27 bits per heavy atom. The fourth-order valence-corrected chi connectivity index (χ4v) is 3.23. The van der Waals surface area contributed by atoms with Crippen LogP contribution in [0.2, 0.25) is 0 Å². The van der Waals surface area contributed by atoms with Gasteiger partial charge in [-0.3, -0.25) is 9.69 Å². The van der Waals surface area contributed by atoms with E-state index in [0.29, 0.717) is 17.3 Å². The molecule has 0 atom stereocenters. The lowest BCUT2D eigenvalue weighted by Gasteiger charge is -2.38. The Morgan fingerprint density at radius 2 is 1.67 bits per heavy atom. The molecule has 1 amide bonds. The topological polar surface area (TPSA) is 45.7 Å². The molecule has 9 heteroatoms. The van der Waals surface area contributed by atoms with E-state index in [1.165, 1.54) is 47.4 Å². The third-order valence-electron chi connectivity index (χ3n) is 4.75. The smallest absolute Gasteiger partial charge is 0.416 e. The summed E-state index contributed by atoms with van der Waals surface area (Å²) in [7, 11) is 1.46. The molecule has 2 heterocycles. The second-order valence-electron chi connectivity index (χ2n) is 6.57. The maximum Gasteiger partial charge on any atom is 0.416 e. The van der Waals surface area contributed by atoms with Crippen molar-refractivity contribution in [1.29, 1.82) is 0 Å². The van der Waals surface area contributed by atoms with Crippen LogP contribution in [0, 0.1) is 5.82 Å². The maximum absolute atomic E-state index is 13.4. The summed E-state index contributed by atoms with van der Waals surface area (Å²) in [6.45, 7) is -0.0766. The fraction of sp³-hybridized carbons (Fsp3) is 0.143. The molecular weight excluding hydrogens is 402 g/mol. The molecule has 0 radical (unpaired) electrons. The Morgan fingerprint density at radius 1 is 0.967 bits per heavy atom. The molecule has 0 N–H and O–H groups in total. The van der Waals surface area contributed by atoms with Crippen LogP contribution in [0.4, 0.5) is 34.6 Å². The average Bonchev–Trinajstić information content (AvgIpc) is 2.74. The zero-order valence-electron chi connectivity index (χ0n) is 15.7. The molecule has 4 rings (SSSR count). The van der Waals surface area contributed by atoms with Crippen LogP contribution in [0.15, 0.2) is 60.8 Å². The highest BCUT2D eigenvalue weighted by Gasteiger charge is 2.36. The number of carbonyl (C=O) groups is 1. The van der Waals surface area contributed by atoms with Crippen LogP contribution >= 0.6 is 0 Å². The summed E-state index contributed by atoms with van der Waals surface area (Å²) in [6, 6.07) is 11.5. The predicted octanol–water partition coefficient (Wildman–Crippen LogP) is 5.00. The Labute approximate surface area is 169 Å². The maximum atomic E-state index is 13.4. The molecule has 0 aliphatic carbocycles. The van der Waals surface area contributed by atoms with E-state index in [2.05, 4.69) is 4.98 Å². The number of aromatic nitrogens is 1. The number of amides is 1. The zero-order chi connectivity index (χ0) is 21.5. The van der Waals surface area contributed by atoms with Crippen molar-refractivity contribution in [3.63, 3.8) is 0 Å². The second kappa shape index (κ2) is 7.33. The number of hydrogen-bond acceptors (Lipinski definition) is 4. The zero-order valence-corrected chi connectivity index (χ0v) is 15.7. The third kappa shape index (κ3) is 3.54. The van der Waals surface area contributed by atoms with Gasteiger partial charge in [0.05, 0.1) is 35.8 Å². The van der Waals surface area contributed by atoms with Crippen molar-refractivity contribution in [1.82, 2.24) is 4.98 Å². The number of alkyl halides is 3. The van der Waals surface area contributed by atoms with Gasteiger partial charge in [0.1, 0.15) is 12.5 Å². The Hall–Kier alpha value is -3.62. The van der Waals surface area contributed by atoms with Gasteiger partial charge in [-0.1, -0.05) is 0 Å². The predicted molar refractivity (Wildman–Crippen MR) is 102 cm³/mol. The number of carbonyl (C=O) groups excluding carboxylic acids is 1. The van der Waals surface area contributed by atoms with Gasteiger partial charge in [0.2, 0.25) is 5.88 Å². The van der Waals surface area contributed by atoms with E-state index >= 15 is 0 Å². The molecule has 0 unspecified atom stereocenters. The summed E-state index contributed by atoms with van der Waals surface area (Å²) in [6.07, 6.45) is -3.13. The van der Waals surface area contributed by atoms with Crippen molar-refractivity contribution in [2.45, 2.75) is 6.18 Å². The number of anilines is 3. The first-order chi connectivity index (χ1) is 14.3. The molecule has 0 fully saturated rings. The summed E-state index contributed by atoms with van der Waals surface area (Å²) < 4.78 is 58.2. The van der Waals surface area contributed by atoms with Gasteiger partial charge in [0.15, 0.2) is 0 Å². The van der Waals surface area contributed by atoms with Gasteiger partial charge in [-0.25, -0.2) is 9.37 Å². The minimum absolute atomic E-state index is 0.0766. The minimum Gasteiger partial charge on any atom is -0.481 e. The monoisotopic (exact) mass is 417 g/mol. The number of ether oxygens (including phenoxy) is 1. The number of nitrogens with zero attached hydrogens (tertiary/aromatic N) is 3. The Balaban J connectivity index is 1.83. The molecule has 30 heavy (non-hydrogen) atoms. The second-order valence-corrected chi connectivity index (χ2v) is 6.57. The van der Waals surface area contributed by atoms with E-state index in [1.54, 1.807) is 12.1 Å². The molecule has 154 valence electrons. The SMILES string of the molecule is COc1ccc(N2CN(c3ccc(F)cc3)c3cc(C(F)(F)F)ccc3C2=O)cn1. The number of benzene rings is 2. The van der Waals surface area contributed by atoms with E-state index < -0.39 is 23.5 Å². The number of pyridine rings is 1. The molecular formula is C21H15F4N3O2. The molecule has 0 bridgehead atoms. The first-order valence-electron chi connectivity index (χ1n) is 8.84. The van der Waals surface area contributed by atoms with Gasteiger partial charge >= 0.3 is 6.18 Å². The van der Waals surface area contributed by atoms with Crippen molar-refractivity contribution in [3.8, 4) is 5.88 Å². The highest BCUT2D eigenvalue weighted by molar-refractivity contribution is 6.12. The first kappa shape index (κ1) is 19.7. The number of rotatable bonds is 3. The Kier molecular flexibility index (Phi) is 4.81. The van der Waals surface area contributed by atoms with Crippen LogP contribution in [0.1, 0.15) is 15.9 Å². The first-order valence-corrected chi connectivity index (χ1v) is 8.84. The van der Waals surface area contributed by atoms with Crippen molar-refractivity contribution >= 4 is 23.0 Å². The fourth-order valence-electron chi connectivity index (χ4n) is 3.23. The van der Waals surface area contributed by atoms with E-state index in [0.717, 1.165) is 18.2 Å². The van der Waals surface area contributed by atoms with E-state index in [4.69, 9.17) is 4.74 Å². The summed E-state index contributed by atoms with van der Waals surface area (Å²) in [4.78, 5) is 20.1. The molecule has 3 aromatic rings. The summed E-state index contributed by atoms with van der Waals surface area (Å²) in [5.41, 5.74) is 0.198. The molecule has 0 saturated heterocycles. The molecule has 1 aliphatic rings. The van der Waals surface area contributed by atoms with Gasteiger partial charge in [-0.2, -0.15) is 13.2 Å². The molecule has 1 aromatic heterocycles. The normalized spacial score (nSPS) is 14.0. The van der Waals surface area contributed by atoms with Crippen molar-refractivity contribution in [3.05, 3.63) is 77.7 Å². The van der Waals surface area contributed by atoms with Gasteiger partial charge in [-0.05, 0) is 48.5 Å². The molecule has 0 spiro atoms. The van der Waals surface area contributed by atoms with Crippen LogP contribution in [-0.2, 0) is 6.18 Å². The standard InChI is InChI=1S/C21H15F4N3O2/c1-30-19-9-7-16(11-26-19)28-12-27(15-5-3-14(22)4-6-15)18-10-13(21(23,24)25)2-8-17(18)20(28)29/h2-11H,12H2,1H3. The van der Waals surface area contributed by atoms with Crippen LogP contribution in [0.5, 0.6) is 5.88 Å². The lowest BCUT2D eigenvalue weighted by Crippen LogP contribution is -2.45. The number of halogens is 4. The van der Waals surface area contributed by atoms with Gasteiger partial charge < -0.3 is 9.64 Å². The van der Waals surface area contributed by atoms with Crippen molar-refractivity contribution in [2.24, 2.45) is 0 Å². The molecule has 5 nitrogen and oxygen atoms in total. The molecule has 0 saturated carbocycles. The van der Waals surface area contributed by atoms with Gasteiger partial charge in [0.25, 0.3) is 5.91 Å². The molecule has 1 aliphatic heterocycles. The van der Waals surface area contributed by atoms with E-state index in [-0.39, 0.29) is 17.9 Å². The lowest BCUT2D eigenvalue weighted by atomic mass is 10.0. The van der Waals surface area contributed by atoms with Crippen molar-refractivity contribution in [2.75, 3.05) is 23.6 Å². The van der Waals surface area contributed by atoms with Gasteiger partial charge in [-0.15, -0.1) is 0 Å². The van der Waals surface area contributed by atoms with E-state index in [9.17, 15) is 22.4 Å². The number of methoxy groups -OCH3 is 1. The Bertz CT molecular complexity index is 1080. The van der Waals surface area contributed by atoms with E-state index in [1.807, 2.05) is 0 Å². The molecule has 2 aromatic carbocycles. The summed E-state index contributed by atoms with van der Waals surface area (Å²) >= 11 is 0. The lowest BCUT2D eigenvalue weighted by molar-refractivity contribution is -0.137. The average molecular weight is 417 g/mol. The van der Waals surface area contributed by atoms with Crippen LogP contribution in [0.3, 0.4) is 0 Å². The highest BCUT2D eigenvalue weighted by atomic mass is 19.4. The minimum atomic E-state index is -4.57.